The van der Waals surface area contributed by atoms with Crippen LogP contribution in [-0.2, 0) is 12.8 Å². The van der Waals surface area contributed by atoms with Crippen molar-refractivity contribution in [1.82, 2.24) is 0 Å². The lowest BCUT2D eigenvalue weighted by Crippen LogP contribution is -2.04. The molecule has 1 unspecified atom stereocenters. The lowest BCUT2D eigenvalue weighted by molar-refractivity contribution is -0.137. The Morgan fingerprint density at radius 1 is 0.900 bits per heavy atom. The van der Waals surface area contributed by atoms with Crippen molar-refractivity contribution < 1.29 is 17.9 Å². The second kappa shape index (κ2) is 9.54. The van der Waals surface area contributed by atoms with Crippen LogP contribution in [0.1, 0.15) is 42.9 Å². The second-order valence-electron chi connectivity index (χ2n) is 6.99. The van der Waals surface area contributed by atoms with Gasteiger partial charge in [0.05, 0.1) is 5.56 Å². The van der Waals surface area contributed by atoms with E-state index in [0.29, 0.717) is 6.61 Å². The quantitative estimate of drug-likeness (QED) is 0.385. The molecule has 0 N–H and O–H groups in total. The summed E-state index contributed by atoms with van der Waals surface area (Å²) in [5.74, 6) is 7.17. The van der Waals surface area contributed by atoms with Crippen LogP contribution >= 0.6 is 0 Å². The Morgan fingerprint density at radius 2 is 1.60 bits per heavy atom. The normalized spacial score (nSPS) is 12.0. The van der Waals surface area contributed by atoms with Gasteiger partial charge in [-0.3, -0.25) is 0 Å². The topological polar surface area (TPSA) is 9.23 Å². The maximum absolute atomic E-state index is 12.8. The Hall–Kier alpha value is -3.19. The van der Waals surface area contributed by atoms with E-state index >= 15 is 0 Å². The van der Waals surface area contributed by atoms with Crippen molar-refractivity contribution in [3.8, 4) is 28.7 Å². The molecule has 0 saturated carbocycles. The van der Waals surface area contributed by atoms with Crippen LogP contribution in [0.15, 0.2) is 72.8 Å². The largest absolute Gasteiger partial charge is 0.489 e. The van der Waals surface area contributed by atoms with Gasteiger partial charge in [0.1, 0.15) is 12.4 Å². The molecule has 1 atom stereocenters. The molecule has 0 aliphatic heterocycles. The maximum atomic E-state index is 12.8. The first-order valence-corrected chi connectivity index (χ1v) is 9.82. The minimum atomic E-state index is -4.33. The molecule has 30 heavy (non-hydrogen) atoms. The number of benzene rings is 3. The van der Waals surface area contributed by atoms with Crippen LogP contribution in [0.2, 0.25) is 0 Å². The van der Waals surface area contributed by atoms with Gasteiger partial charge in [0.15, 0.2) is 0 Å². The first-order chi connectivity index (χ1) is 14.4. The SMILES string of the molecule is CC#CC(CC)c1ccc(OCc2cccc(-c3ccc(C(F)(F)F)cc3)c2)cc1. The van der Waals surface area contributed by atoms with E-state index in [1.54, 1.807) is 0 Å². The highest BCUT2D eigenvalue weighted by atomic mass is 19.4. The first kappa shape index (κ1) is 21.5. The summed E-state index contributed by atoms with van der Waals surface area (Å²) in [5.41, 5.74) is 3.05. The third-order valence-electron chi connectivity index (χ3n) is 4.89. The number of alkyl halides is 3. The first-order valence-electron chi connectivity index (χ1n) is 9.82. The van der Waals surface area contributed by atoms with Crippen molar-refractivity contribution in [1.29, 1.82) is 0 Å². The van der Waals surface area contributed by atoms with E-state index in [2.05, 4.69) is 18.8 Å². The average Bonchev–Trinajstić information content (AvgIpc) is 2.76. The third kappa shape index (κ3) is 5.45. The van der Waals surface area contributed by atoms with E-state index in [9.17, 15) is 13.2 Å². The molecule has 0 spiro atoms. The van der Waals surface area contributed by atoms with E-state index in [0.717, 1.165) is 41.0 Å². The predicted octanol–water partition coefficient (Wildman–Crippen LogP) is 7.47. The number of halogens is 3. The lowest BCUT2D eigenvalue weighted by atomic mass is 9.97. The monoisotopic (exact) mass is 408 g/mol. The Morgan fingerprint density at radius 3 is 2.20 bits per heavy atom. The van der Waals surface area contributed by atoms with Gasteiger partial charge < -0.3 is 4.74 Å². The molecule has 0 aliphatic rings. The van der Waals surface area contributed by atoms with E-state index < -0.39 is 11.7 Å². The lowest BCUT2D eigenvalue weighted by Gasteiger charge is -2.11. The van der Waals surface area contributed by atoms with Gasteiger partial charge in [-0.15, -0.1) is 5.92 Å². The minimum absolute atomic E-state index is 0.226. The molecule has 3 aromatic carbocycles. The predicted molar refractivity (Wildman–Crippen MR) is 114 cm³/mol. The molecule has 0 saturated heterocycles. The molecular weight excluding hydrogens is 385 g/mol. The van der Waals surface area contributed by atoms with Crippen LogP contribution in [0, 0.1) is 11.8 Å². The molecule has 3 aromatic rings. The molecule has 0 fully saturated rings. The van der Waals surface area contributed by atoms with E-state index in [1.165, 1.54) is 17.7 Å². The van der Waals surface area contributed by atoms with Gasteiger partial charge >= 0.3 is 6.18 Å². The fraction of sp³-hybridized carbons (Fsp3) is 0.231. The summed E-state index contributed by atoms with van der Waals surface area (Å²) in [6.45, 7) is 4.34. The Kier molecular flexibility index (Phi) is 6.84. The molecule has 0 aliphatic carbocycles. The number of hydrogen-bond acceptors (Lipinski definition) is 1. The minimum Gasteiger partial charge on any atom is -0.489 e. The van der Waals surface area contributed by atoms with Crippen LogP contribution < -0.4 is 4.74 Å². The van der Waals surface area contributed by atoms with Gasteiger partial charge in [-0.2, -0.15) is 13.2 Å². The van der Waals surface area contributed by atoms with E-state index in [4.69, 9.17) is 4.74 Å². The molecular formula is C26H23F3O. The highest BCUT2D eigenvalue weighted by Crippen LogP contribution is 2.31. The highest BCUT2D eigenvalue weighted by Gasteiger charge is 2.29. The summed E-state index contributed by atoms with van der Waals surface area (Å²) in [5, 5.41) is 0. The zero-order valence-corrected chi connectivity index (χ0v) is 17.0. The van der Waals surface area contributed by atoms with Gasteiger partial charge in [-0.05, 0) is 65.9 Å². The summed E-state index contributed by atoms with van der Waals surface area (Å²) < 4.78 is 44.1. The smallest absolute Gasteiger partial charge is 0.416 e. The van der Waals surface area contributed by atoms with Gasteiger partial charge in [0.2, 0.25) is 0 Å². The van der Waals surface area contributed by atoms with Crippen molar-refractivity contribution in [2.75, 3.05) is 0 Å². The summed E-state index contributed by atoms with van der Waals surface area (Å²) >= 11 is 0. The van der Waals surface area contributed by atoms with Gasteiger partial charge in [0.25, 0.3) is 0 Å². The van der Waals surface area contributed by atoms with E-state index in [-0.39, 0.29) is 5.92 Å². The Balaban J connectivity index is 1.68. The molecule has 0 heterocycles. The molecule has 1 nitrogen and oxygen atoms in total. The van der Waals surface area contributed by atoms with Gasteiger partial charge in [0, 0.05) is 5.92 Å². The van der Waals surface area contributed by atoms with Crippen molar-refractivity contribution in [2.45, 2.75) is 39.0 Å². The molecule has 0 radical (unpaired) electrons. The molecule has 0 aromatic heterocycles. The number of ether oxygens (including phenoxy) is 1. The summed E-state index contributed by atoms with van der Waals surface area (Å²) in [6, 6.07) is 20.8. The van der Waals surface area contributed by atoms with Crippen LogP contribution in [0.25, 0.3) is 11.1 Å². The molecule has 0 amide bonds. The zero-order chi connectivity index (χ0) is 21.6. The Bertz CT molecular complexity index is 1020. The maximum Gasteiger partial charge on any atom is 0.416 e. The summed E-state index contributed by atoms with van der Waals surface area (Å²) in [7, 11) is 0. The average molecular weight is 408 g/mol. The Labute approximate surface area is 175 Å². The van der Waals surface area contributed by atoms with E-state index in [1.807, 2.05) is 55.5 Å². The molecule has 0 bridgehead atoms. The van der Waals surface area contributed by atoms with Crippen molar-refractivity contribution >= 4 is 0 Å². The van der Waals surface area contributed by atoms with Crippen LogP contribution in [0.3, 0.4) is 0 Å². The van der Waals surface area contributed by atoms with Crippen LogP contribution in [-0.4, -0.2) is 0 Å². The standard InChI is InChI=1S/C26H23F3O/c1-3-6-20(4-2)21-11-15-25(16-12-21)30-18-19-7-5-8-23(17-19)22-9-13-24(14-10-22)26(27,28)29/h5,7-17,20H,4,18H2,1-2H3. The van der Waals surface area contributed by atoms with Crippen LogP contribution in [0.4, 0.5) is 13.2 Å². The second-order valence-corrected chi connectivity index (χ2v) is 6.99. The molecule has 4 heteroatoms. The van der Waals surface area contributed by atoms with Crippen molar-refractivity contribution in [2.24, 2.45) is 0 Å². The number of rotatable bonds is 6. The number of hydrogen-bond donors (Lipinski definition) is 0. The van der Waals surface area contributed by atoms with Crippen molar-refractivity contribution in [3.05, 3.63) is 89.5 Å². The summed E-state index contributed by atoms with van der Waals surface area (Å²) in [6.07, 6.45) is -3.37. The fourth-order valence-corrected chi connectivity index (χ4v) is 3.25. The summed E-state index contributed by atoms with van der Waals surface area (Å²) in [4.78, 5) is 0. The van der Waals surface area contributed by atoms with Crippen molar-refractivity contribution in [3.63, 3.8) is 0 Å². The van der Waals surface area contributed by atoms with Gasteiger partial charge in [-0.25, -0.2) is 0 Å². The molecule has 154 valence electrons. The third-order valence-corrected chi connectivity index (χ3v) is 4.89. The van der Waals surface area contributed by atoms with Gasteiger partial charge in [-0.1, -0.05) is 55.3 Å². The zero-order valence-electron chi connectivity index (χ0n) is 17.0. The van der Waals surface area contributed by atoms with Crippen LogP contribution in [0.5, 0.6) is 5.75 Å². The highest BCUT2D eigenvalue weighted by molar-refractivity contribution is 5.64. The fourth-order valence-electron chi connectivity index (χ4n) is 3.25. The molecule has 3 rings (SSSR count).